The van der Waals surface area contributed by atoms with Crippen molar-refractivity contribution >= 4 is 66.5 Å². The van der Waals surface area contributed by atoms with Crippen LogP contribution in [0.2, 0.25) is 0 Å². The van der Waals surface area contributed by atoms with Crippen molar-refractivity contribution in [3.05, 3.63) is 66.7 Å². The second kappa shape index (κ2) is 15.6. The van der Waals surface area contributed by atoms with Crippen LogP contribution in [-0.4, -0.2) is 89.3 Å². The number of carbonyl (C=O) groups is 3. The number of carbonyl (C=O) groups excluding carboxylic acids is 3. The number of aromatic nitrogens is 5. The number of para-hydroxylation sites is 1. The molecule has 0 aliphatic rings. The number of hydrogen-bond acceptors (Lipinski definition) is 14. The van der Waals surface area contributed by atoms with Gasteiger partial charge in [0.05, 0.1) is 30.3 Å². The fraction of sp³-hybridized carbons (Fsp3) is 0.276. The summed E-state index contributed by atoms with van der Waals surface area (Å²) in [5, 5.41) is 3.55. The van der Waals surface area contributed by atoms with Crippen LogP contribution in [0.1, 0.15) is 12.5 Å². The molecule has 17 nitrogen and oxygen atoms in total. The third-order valence-corrected chi connectivity index (χ3v) is 9.45. The predicted molar refractivity (Wildman–Crippen MR) is 173 cm³/mol. The van der Waals surface area contributed by atoms with Gasteiger partial charge in [-0.05, 0) is 36.8 Å². The first-order chi connectivity index (χ1) is 23.2. The van der Waals surface area contributed by atoms with Gasteiger partial charge in [0.25, 0.3) is 15.9 Å². The third kappa shape index (κ3) is 8.56. The number of amides is 2. The number of ether oxygens (including phenoxy) is 3. The summed E-state index contributed by atoms with van der Waals surface area (Å²) in [6.07, 6.45) is 1.75. The van der Waals surface area contributed by atoms with Crippen molar-refractivity contribution in [1.29, 1.82) is 0 Å². The molecule has 48 heavy (non-hydrogen) atoms. The molecule has 0 aliphatic heterocycles. The summed E-state index contributed by atoms with van der Waals surface area (Å²) in [5.74, 6) is -0.522. The Morgan fingerprint density at radius 1 is 1.00 bits per heavy atom. The van der Waals surface area contributed by atoms with Gasteiger partial charge in [0.2, 0.25) is 4.34 Å². The zero-order valence-corrected chi connectivity index (χ0v) is 27.4. The van der Waals surface area contributed by atoms with Gasteiger partial charge in [-0.1, -0.05) is 24.3 Å². The molecule has 0 radical (unpaired) electrons. The van der Waals surface area contributed by atoms with Crippen LogP contribution in [0, 0.1) is 0 Å². The first-order valence-corrected chi connectivity index (χ1v) is 16.7. The summed E-state index contributed by atoms with van der Waals surface area (Å²) < 4.78 is 45.5. The molecule has 252 valence electrons. The SMILES string of the molecule is CCOC(=O)CN(NCCNS(=O)(=O)c1nc2ccccc2s1)C(=O)Cn1cnc2c(NC(=O)OCc3ccc(OC)cc3)ncnc21. The summed E-state index contributed by atoms with van der Waals surface area (Å²) >= 11 is 1.04. The first kappa shape index (κ1) is 34.1. The Morgan fingerprint density at radius 2 is 1.79 bits per heavy atom. The van der Waals surface area contributed by atoms with Crippen molar-refractivity contribution in [2.45, 2.75) is 24.4 Å². The number of hydrazine groups is 1. The van der Waals surface area contributed by atoms with E-state index < -0.39 is 34.5 Å². The van der Waals surface area contributed by atoms with E-state index in [2.05, 4.69) is 35.4 Å². The molecule has 0 bridgehead atoms. The van der Waals surface area contributed by atoms with Gasteiger partial charge in [-0.25, -0.2) is 43.3 Å². The fourth-order valence-corrected chi connectivity index (χ4v) is 6.59. The molecule has 2 aromatic carbocycles. The molecule has 0 unspecified atom stereocenters. The van der Waals surface area contributed by atoms with Gasteiger partial charge < -0.3 is 18.8 Å². The van der Waals surface area contributed by atoms with Crippen LogP contribution in [0.15, 0.2) is 65.5 Å². The Morgan fingerprint density at radius 3 is 2.54 bits per heavy atom. The van der Waals surface area contributed by atoms with Crippen LogP contribution in [0.4, 0.5) is 10.6 Å². The molecule has 3 N–H and O–H groups in total. The molecule has 19 heteroatoms. The lowest BCUT2D eigenvalue weighted by molar-refractivity contribution is -0.151. The van der Waals surface area contributed by atoms with Crippen molar-refractivity contribution < 1.29 is 37.0 Å². The van der Waals surface area contributed by atoms with Crippen LogP contribution >= 0.6 is 11.3 Å². The van der Waals surface area contributed by atoms with Crippen LogP contribution < -0.4 is 20.2 Å². The van der Waals surface area contributed by atoms with E-state index in [0.29, 0.717) is 11.3 Å². The highest BCUT2D eigenvalue weighted by atomic mass is 32.2. The van der Waals surface area contributed by atoms with E-state index in [9.17, 15) is 22.8 Å². The number of esters is 1. The average molecular weight is 698 g/mol. The maximum Gasteiger partial charge on any atom is 0.413 e. The highest BCUT2D eigenvalue weighted by molar-refractivity contribution is 7.91. The van der Waals surface area contributed by atoms with Crippen molar-refractivity contribution in [3.8, 4) is 5.75 Å². The lowest BCUT2D eigenvalue weighted by atomic mass is 10.2. The summed E-state index contributed by atoms with van der Waals surface area (Å²) in [6, 6.07) is 14.1. The summed E-state index contributed by atoms with van der Waals surface area (Å²) in [5.41, 5.74) is 4.51. The van der Waals surface area contributed by atoms with Crippen LogP contribution in [-0.2, 0) is 42.2 Å². The maximum atomic E-state index is 13.3. The second-order valence-corrected chi connectivity index (χ2v) is 12.8. The number of sulfonamides is 1. The van der Waals surface area contributed by atoms with Gasteiger partial charge in [-0.2, -0.15) is 0 Å². The molecular formula is C29H31N9O8S2. The van der Waals surface area contributed by atoms with E-state index in [1.54, 1.807) is 62.6 Å². The molecule has 0 saturated heterocycles. The highest BCUT2D eigenvalue weighted by Crippen LogP contribution is 2.24. The molecule has 0 atom stereocenters. The van der Waals surface area contributed by atoms with E-state index in [4.69, 9.17) is 14.2 Å². The Labute approximate surface area is 278 Å². The number of nitrogens with zero attached hydrogens (tertiary/aromatic N) is 6. The minimum absolute atomic E-state index is 0.000272. The minimum atomic E-state index is -3.92. The Hall–Kier alpha value is -5.24. The van der Waals surface area contributed by atoms with Crippen molar-refractivity contribution in [2.24, 2.45) is 0 Å². The standard InChI is InChI=1S/C29H31N9O8S2/c1-3-45-24(40)15-38(33-12-13-34-48(42,43)29-35-21-6-4-5-7-22(21)47-29)23(39)14-37-18-32-25-26(30-17-31-27(25)37)36-28(41)46-16-19-8-10-20(44-2)11-9-19/h4-11,17-18,33-34H,3,12-16H2,1-2H3,(H,30,31,36,41). The van der Waals surface area contributed by atoms with E-state index in [1.807, 2.05) is 0 Å². The zero-order valence-electron chi connectivity index (χ0n) is 25.8. The number of methoxy groups -OCH3 is 1. The van der Waals surface area contributed by atoms with E-state index in [0.717, 1.165) is 26.6 Å². The molecule has 5 aromatic rings. The number of benzene rings is 2. The topological polar surface area (TPSA) is 209 Å². The molecule has 0 aliphatic carbocycles. The van der Waals surface area contributed by atoms with E-state index in [-0.39, 0.29) is 54.2 Å². The highest BCUT2D eigenvalue weighted by Gasteiger charge is 2.22. The maximum absolute atomic E-state index is 13.3. The minimum Gasteiger partial charge on any atom is -0.497 e. The van der Waals surface area contributed by atoms with Crippen molar-refractivity contribution in [1.82, 2.24) is 39.7 Å². The lowest BCUT2D eigenvalue weighted by Gasteiger charge is -2.23. The number of hydrogen-bond donors (Lipinski definition) is 3. The number of thiazole rings is 1. The van der Waals surface area contributed by atoms with Gasteiger partial charge in [-0.15, -0.1) is 11.3 Å². The van der Waals surface area contributed by atoms with Gasteiger partial charge in [0.1, 0.15) is 31.8 Å². The van der Waals surface area contributed by atoms with Crippen LogP contribution in [0.25, 0.3) is 21.4 Å². The Balaban J connectivity index is 1.20. The average Bonchev–Trinajstić information content (AvgIpc) is 3.71. The van der Waals surface area contributed by atoms with E-state index >= 15 is 0 Å². The molecular weight excluding hydrogens is 667 g/mol. The quantitative estimate of drug-likeness (QED) is 0.0814. The number of fused-ring (bicyclic) bond motifs is 2. The fourth-order valence-electron chi connectivity index (χ4n) is 4.29. The van der Waals surface area contributed by atoms with Crippen molar-refractivity contribution in [3.63, 3.8) is 0 Å². The van der Waals surface area contributed by atoms with Crippen molar-refractivity contribution in [2.75, 3.05) is 38.7 Å². The lowest BCUT2D eigenvalue weighted by Crippen LogP contribution is -2.49. The first-order valence-electron chi connectivity index (χ1n) is 14.4. The van der Waals surface area contributed by atoms with Gasteiger partial charge >= 0.3 is 12.1 Å². The number of rotatable bonds is 15. The summed E-state index contributed by atoms with van der Waals surface area (Å²) in [7, 11) is -2.37. The zero-order chi connectivity index (χ0) is 34.1. The normalized spacial score (nSPS) is 11.4. The molecule has 0 spiro atoms. The molecule has 2 amide bonds. The number of nitrogens with one attached hydrogen (secondary N) is 3. The Kier molecular flexibility index (Phi) is 11.1. The van der Waals surface area contributed by atoms with E-state index in [1.165, 1.54) is 17.2 Å². The molecule has 3 heterocycles. The monoisotopic (exact) mass is 697 g/mol. The largest absolute Gasteiger partial charge is 0.497 e. The van der Waals surface area contributed by atoms with Crippen LogP contribution in [0.5, 0.6) is 5.75 Å². The molecule has 0 fully saturated rings. The smallest absolute Gasteiger partial charge is 0.413 e. The second-order valence-electron chi connectivity index (χ2n) is 9.85. The number of imidazole rings is 1. The molecule has 5 rings (SSSR count). The predicted octanol–water partition coefficient (Wildman–Crippen LogP) is 2.07. The third-order valence-electron chi connectivity index (χ3n) is 6.57. The van der Waals surface area contributed by atoms with Gasteiger partial charge in [0, 0.05) is 13.1 Å². The summed E-state index contributed by atoms with van der Waals surface area (Å²) in [4.78, 5) is 54.8. The van der Waals surface area contributed by atoms with Crippen LogP contribution in [0.3, 0.4) is 0 Å². The van der Waals surface area contributed by atoms with Gasteiger partial charge in [-0.3, -0.25) is 19.9 Å². The molecule has 3 aromatic heterocycles. The summed E-state index contributed by atoms with van der Waals surface area (Å²) in [6.45, 7) is 0.797. The molecule has 0 saturated carbocycles. The van der Waals surface area contributed by atoms with Gasteiger partial charge in [0.15, 0.2) is 17.0 Å². The Bertz CT molecular complexity index is 1980. The number of anilines is 1.